The summed E-state index contributed by atoms with van der Waals surface area (Å²) in [4.78, 5) is 0. The predicted molar refractivity (Wildman–Crippen MR) is 90.0 cm³/mol. The minimum atomic E-state index is -4.69. The van der Waals surface area contributed by atoms with Crippen LogP contribution in [0.1, 0.15) is 32.6 Å². The lowest BCUT2D eigenvalue weighted by Gasteiger charge is -2.29. The second-order valence-corrected chi connectivity index (χ2v) is 8.23. The van der Waals surface area contributed by atoms with Gasteiger partial charge in [-0.2, -0.15) is 0 Å². The number of halogens is 3. The van der Waals surface area contributed by atoms with Crippen molar-refractivity contribution >= 4 is 15.7 Å². The summed E-state index contributed by atoms with van der Waals surface area (Å²) in [5, 5.41) is 3.20. The van der Waals surface area contributed by atoms with E-state index in [0.717, 1.165) is 31.4 Å². The van der Waals surface area contributed by atoms with Crippen molar-refractivity contribution in [3.8, 4) is 5.75 Å². The first-order chi connectivity index (χ1) is 11.7. The van der Waals surface area contributed by atoms with Gasteiger partial charge in [-0.15, -0.1) is 13.2 Å². The maximum absolute atomic E-state index is 12.1. The number of sulfonamides is 1. The molecule has 0 heterocycles. The number of nitrogens with one attached hydrogen (secondary N) is 2. The first-order valence-electron chi connectivity index (χ1n) is 8.26. The van der Waals surface area contributed by atoms with Gasteiger partial charge in [-0.25, -0.2) is 13.1 Å². The van der Waals surface area contributed by atoms with Gasteiger partial charge in [0, 0.05) is 18.3 Å². The highest BCUT2D eigenvalue weighted by atomic mass is 32.2. The van der Waals surface area contributed by atoms with Crippen molar-refractivity contribution in [2.75, 3.05) is 17.6 Å². The third-order valence-corrected chi connectivity index (χ3v) is 5.71. The molecule has 0 spiro atoms. The molecule has 2 N–H and O–H groups in total. The van der Waals surface area contributed by atoms with Crippen LogP contribution in [0.25, 0.3) is 0 Å². The van der Waals surface area contributed by atoms with E-state index in [4.69, 9.17) is 0 Å². The Morgan fingerprint density at radius 1 is 1.12 bits per heavy atom. The molecule has 0 amide bonds. The van der Waals surface area contributed by atoms with Gasteiger partial charge in [-0.3, -0.25) is 0 Å². The molecule has 1 aromatic rings. The van der Waals surface area contributed by atoms with Crippen LogP contribution in [-0.4, -0.2) is 33.1 Å². The van der Waals surface area contributed by atoms with E-state index in [-0.39, 0.29) is 17.5 Å². The zero-order valence-corrected chi connectivity index (χ0v) is 14.8. The molecule has 1 aliphatic carbocycles. The highest BCUT2D eigenvalue weighted by Crippen LogP contribution is 2.27. The lowest BCUT2D eigenvalue weighted by molar-refractivity contribution is -0.274. The molecule has 1 saturated carbocycles. The number of hydrogen-bond acceptors (Lipinski definition) is 4. The van der Waals surface area contributed by atoms with Crippen LogP contribution in [0.3, 0.4) is 0 Å². The van der Waals surface area contributed by atoms with E-state index in [1.165, 1.54) is 12.1 Å². The van der Waals surface area contributed by atoms with E-state index in [9.17, 15) is 21.6 Å². The Balaban J connectivity index is 1.74. The van der Waals surface area contributed by atoms with Gasteiger partial charge in [0.1, 0.15) is 5.75 Å². The maximum Gasteiger partial charge on any atom is 0.573 e. The average Bonchev–Trinajstić information content (AvgIpc) is 2.54. The van der Waals surface area contributed by atoms with Crippen molar-refractivity contribution < 1.29 is 26.3 Å². The van der Waals surface area contributed by atoms with Gasteiger partial charge in [0.2, 0.25) is 10.0 Å². The fourth-order valence-electron chi connectivity index (χ4n) is 2.86. The summed E-state index contributed by atoms with van der Waals surface area (Å²) >= 11 is 0. The summed E-state index contributed by atoms with van der Waals surface area (Å²) in [7, 11) is -3.17. The Labute approximate surface area is 146 Å². The molecule has 25 heavy (non-hydrogen) atoms. The highest BCUT2D eigenvalue weighted by molar-refractivity contribution is 7.89. The van der Waals surface area contributed by atoms with Crippen molar-refractivity contribution in [1.82, 2.24) is 4.72 Å². The molecule has 0 radical (unpaired) electrons. The molecular weight excluding hydrogens is 357 g/mol. The van der Waals surface area contributed by atoms with Crippen LogP contribution < -0.4 is 14.8 Å². The van der Waals surface area contributed by atoms with Crippen molar-refractivity contribution in [2.24, 2.45) is 5.92 Å². The quantitative estimate of drug-likeness (QED) is 0.760. The molecule has 0 atom stereocenters. The second kappa shape index (κ2) is 8.27. The number of ether oxygens (including phenoxy) is 1. The van der Waals surface area contributed by atoms with Crippen LogP contribution in [-0.2, 0) is 10.0 Å². The zero-order valence-electron chi connectivity index (χ0n) is 14.0. The predicted octanol–water partition coefficient (Wildman–Crippen LogP) is 3.50. The summed E-state index contributed by atoms with van der Waals surface area (Å²) in [5.41, 5.74) is 0.725. The Morgan fingerprint density at radius 3 is 2.24 bits per heavy atom. The minimum absolute atomic E-state index is 0.000000731. The maximum atomic E-state index is 12.1. The van der Waals surface area contributed by atoms with E-state index in [1.807, 2.05) is 0 Å². The Kier molecular flexibility index (Phi) is 6.56. The molecule has 0 aliphatic heterocycles. The van der Waals surface area contributed by atoms with E-state index in [1.54, 1.807) is 19.1 Å². The van der Waals surface area contributed by atoms with Gasteiger partial charge in [-0.05, 0) is 62.8 Å². The normalized spacial score (nSPS) is 21.8. The number of benzene rings is 1. The third-order valence-electron chi connectivity index (χ3n) is 4.26. The van der Waals surface area contributed by atoms with Crippen molar-refractivity contribution in [3.63, 3.8) is 0 Å². The number of anilines is 1. The van der Waals surface area contributed by atoms with Gasteiger partial charge in [-0.1, -0.05) is 0 Å². The van der Waals surface area contributed by atoms with Crippen LogP contribution in [0.2, 0.25) is 0 Å². The van der Waals surface area contributed by atoms with Gasteiger partial charge in [0.15, 0.2) is 0 Å². The summed E-state index contributed by atoms with van der Waals surface area (Å²) in [6, 6.07) is 5.63. The number of alkyl halides is 3. The van der Waals surface area contributed by atoms with Crippen LogP contribution in [0.15, 0.2) is 24.3 Å². The highest BCUT2D eigenvalue weighted by Gasteiger charge is 2.31. The molecule has 0 unspecified atom stereocenters. The van der Waals surface area contributed by atoms with Crippen molar-refractivity contribution in [3.05, 3.63) is 24.3 Å². The summed E-state index contributed by atoms with van der Waals surface area (Å²) < 4.78 is 66.0. The monoisotopic (exact) mass is 380 g/mol. The zero-order chi connectivity index (χ0) is 18.5. The molecule has 2 rings (SSSR count). The molecule has 0 bridgehead atoms. The molecule has 142 valence electrons. The molecule has 1 aliphatic rings. The minimum Gasteiger partial charge on any atom is -0.406 e. The molecular formula is C16H23F3N2O3S. The summed E-state index contributed by atoms with van der Waals surface area (Å²) in [6.45, 7) is 2.32. The largest absolute Gasteiger partial charge is 0.573 e. The van der Waals surface area contributed by atoms with Crippen LogP contribution in [0.4, 0.5) is 18.9 Å². The lowest BCUT2D eigenvalue weighted by Crippen LogP contribution is -2.39. The van der Waals surface area contributed by atoms with Crippen LogP contribution in [0, 0.1) is 5.92 Å². The lowest BCUT2D eigenvalue weighted by atomic mass is 9.86. The molecule has 5 nitrogen and oxygen atoms in total. The molecule has 1 aromatic carbocycles. The standard InChI is InChI=1S/C16H23F3N2O3S/c1-2-25(22,23)21-14-5-3-12(4-6-14)11-20-13-7-9-15(10-8-13)24-16(17,18)19/h7-10,12,14,20-21H,2-6,11H2,1H3. The average molecular weight is 380 g/mol. The topological polar surface area (TPSA) is 67.4 Å². The smallest absolute Gasteiger partial charge is 0.406 e. The SMILES string of the molecule is CCS(=O)(=O)NC1CCC(CNc2ccc(OC(F)(F)F)cc2)CC1. The van der Waals surface area contributed by atoms with Gasteiger partial charge < -0.3 is 10.1 Å². The van der Waals surface area contributed by atoms with Crippen molar-refractivity contribution in [2.45, 2.75) is 45.0 Å². The molecule has 0 aromatic heterocycles. The Hall–Kier alpha value is -1.48. The van der Waals surface area contributed by atoms with Crippen LogP contribution >= 0.6 is 0 Å². The van der Waals surface area contributed by atoms with E-state index >= 15 is 0 Å². The fourth-order valence-corrected chi connectivity index (χ4v) is 3.77. The molecule has 1 fully saturated rings. The van der Waals surface area contributed by atoms with E-state index in [0.29, 0.717) is 12.5 Å². The third kappa shape index (κ3) is 7.11. The fraction of sp³-hybridized carbons (Fsp3) is 0.625. The van der Waals surface area contributed by atoms with Crippen LogP contribution in [0.5, 0.6) is 5.75 Å². The molecule has 0 saturated heterocycles. The number of rotatable bonds is 7. The van der Waals surface area contributed by atoms with Gasteiger partial charge in [0.25, 0.3) is 0 Å². The van der Waals surface area contributed by atoms with Crippen molar-refractivity contribution in [1.29, 1.82) is 0 Å². The molecule has 9 heteroatoms. The first-order valence-corrected chi connectivity index (χ1v) is 9.92. The second-order valence-electron chi connectivity index (χ2n) is 6.19. The number of hydrogen-bond donors (Lipinski definition) is 2. The van der Waals surface area contributed by atoms with E-state index < -0.39 is 16.4 Å². The Morgan fingerprint density at radius 2 is 1.72 bits per heavy atom. The Bertz CT molecular complexity index is 640. The first kappa shape index (κ1) is 19.8. The van der Waals surface area contributed by atoms with Gasteiger partial charge >= 0.3 is 6.36 Å². The summed E-state index contributed by atoms with van der Waals surface area (Å²) in [5.74, 6) is 0.248. The summed E-state index contributed by atoms with van der Waals surface area (Å²) in [6.07, 6.45) is -1.29. The van der Waals surface area contributed by atoms with Gasteiger partial charge in [0.05, 0.1) is 5.75 Å². The van der Waals surface area contributed by atoms with E-state index in [2.05, 4.69) is 14.8 Å².